The number of fused-ring (bicyclic) bond motifs is 1. The molecule has 3 rings (SSSR count). The van der Waals surface area contributed by atoms with E-state index in [0.29, 0.717) is 0 Å². The number of rotatable bonds is 4. The van der Waals surface area contributed by atoms with Crippen LogP contribution in [0.1, 0.15) is 42.5 Å². The first-order valence-corrected chi connectivity index (χ1v) is 10.1. The van der Waals surface area contributed by atoms with Crippen molar-refractivity contribution in [3.05, 3.63) is 62.0 Å². The molecule has 0 spiro atoms. The molecule has 0 aliphatic heterocycles. The minimum absolute atomic E-state index is 0.0340. The first-order chi connectivity index (χ1) is 12.0. The number of benzene rings is 2. The van der Waals surface area contributed by atoms with Gasteiger partial charge in [-0.3, -0.25) is 10.1 Å². The van der Waals surface area contributed by atoms with Gasteiger partial charge >= 0.3 is 0 Å². The molecule has 5 heteroatoms. The van der Waals surface area contributed by atoms with Crippen LogP contribution in [0.5, 0.6) is 0 Å². The summed E-state index contributed by atoms with van der Waals surface area (Å²) in [4.78, 5) is 12.7. The minimum atomic E-state index is -0.281. The molecule has 2 atom stereocenters. The Bertz CT molecular complexity index is 768. The molecule has 1 aliphatic carbocycles. The smallest absolute Gasteiger partial charge is 0.241 e. The lowest BCUT2D eigenvalue weighted by Gasteiger charge is -2.29. The van der Waals surface area contributed by atoms with Crippen LogP contribution in [-0.2, 0) is 11.2 Å². The van der Waals surface area contributed by atoms with Crippen molar-refractivity contribution in [3.8, 4) is 0 Å². The van der Waals surface area contributed by atoms with Gasteiger partial charge in [0.2, 0.25) is 5.91 Å². The second-order valence-corrected chi connectivity index (χ2v) is 8.33. The number of hydrogen-bond donors (Lipinski definition) is 2. The van der Waals surface area contributed by atoms with E-state index in [1.54, 1.807) is 0 Å². The van der Waals surface area contributed by atoms with Gasteiger partial charge in [0.05, 0.1) is 11.7 Å². The summed E-state index contributed by atoms with van der Waals surface area (Å²) >= 11 is 7.06. The first-order valence-electron chi connectivity index (χ1n) is 8.56. The molecule has 0 unspecified atom stereocenters. The summed E-state index contributed by atoms with van der Waals surface area (Å²) in [6, 6.07) is 12.5. The summed E-state index contributed by atoms with van der Waals surface area (Å²) in [5.74, 6) is -0.0340. The van der Waals surface area contributed by atoms with Crippen molar-refractivity contribution >= 4 is 43.5 Å². The molecule has 132 valence electrons. The monoisotopic (exact) mass is 464 g/mol. The molecule has 2 aromatic carbocycles. The van der Waals surface area contributed by atoms with Crippen LogP contribution in [0.2, 0.25) is 0 Å². The van der Waals surface area contributed by atoms with E-state index < -0.39 is 0 Å². The third-order valence-corrected chi connectivity index (χ3v) is 5.90. The summed E-state index contributed by atoms with van der Waals surface area (Å²) in [6.45, 7) is 3.94. The molecule has 2 N–H and O–H groups in total. The fourth-order valence-corrected chi connectivity index (χ4v) is 4.97. The van der Waals surface area contributed by atoms with Crippen molar-refractivity contribution in [2.24, 2.45) is 0 Å². The molecule has 0 fully saturated rings. The van der Waals surface area contributed by atoms with Crippen LogP contribution in [0, 0.1) is 6.92 Å². The van der Waals surface area contributed by atoms with Crippen molar-refractivity contribution in [1.29, 1.82) is 0 Å². The Morgan fingerprint density at radius 1 is 1.20 bits per heavy atom. The zero-order chi connectivity index (χ0) is 18.0. The van der Waals surface area contributed by atoms with Gasteiger partial charge in [-0.2, -0.15) is 0 Å². The normalized spacial score (nSPS) is 17.7. The number of amides is 1. The van der Waals surface area contributed by atoms with Crippen LogP contribution in [0.4, 0.5) is 5.69 Å². The topological polar surface area (TPSA) is 41.1 Å². The minimum Gasteiger partial charge on any atom is -0.323 e. The van der Waals surface area contributed by atoms with E-state index in [1.807, 2.05) is 26.0 Å². The molecule has 1 aliphatic rings. The van der Waals surface area contributed by atoms with Gasteiger partial charge < -0.3 is 5.32 Å². The van der Waals surface area contributed by atoms with E-state index in [4.69, 9.17) is 0 Å². The molecule has 0 aromatic heterocycles. The number of nitrogens with one attached hydrogen (secondary N) is 2. The molecule has 2 aromatic rings. The maximum atomic E-state index is 12.7. The number of halogens is 2. The van der Waals surface area contributed by atoms with Crippen LogP contribution < -0.4 is 10.6 Å². The number of aryl methyl sites for hydroxylation is 2. The summed E-state index contributed by atoms with van der Waals surface area (Å²) in [7, 11) is 0. The zero-order valence-electron chi connectivity index (χ0n) is 14.4. The van der Waals surface area contributed by atoms with Gasteiger partial charge in [0.1, 0.15) is 0 Å². The molecular formula is C20H22Br2N2O. The predicted molar refractivity (Wildman–Crippen MR) is 110 cm³/mol. The van der Waals surface area contributed by atoms with Crippen molar-refractivity contribution in [2.75, 3.05) is 5.32 Å². The SMILES string of the molecule is Cc1cc(Br)c(NC(=O)[C@H](C)N[C@@H]2CCCc3ccccc32)c(Br)c1. The van der Waals surface area contributed by atoms with Crippen LogP contribution in [0.3, 0.4) is 0 Å². The zero-order valence-corrected chi connectivity index (χ0v) is 17.6. The Morgan fingerprint density at radius 2 is 1.88 bits per heavy atom. The third kappa shape index (κ3) is 4.33. The molecule has 0 heterocycles. The number of anilines is 1. The van der Waals surface area contributed by atoms with E-state index in [9.17, 15) is 4.79 Å². The molecule has 0 bridgehead atoms. The number of carbonyl (C=O) groups excluding carboxylic acids is 1. The number of hydrogen-bond acceptors (Lipinski definition) is 2. The standard InChI is InChI=1S/C20H22Br2N2O/c1-12-10-16(21)19(17(22)11-12)24-20(25)13(2)23-18-9-5-7-14-6-3-4-8-15(14)18/h3-4,6,8,10-11,13,18,23H,5,7,9H2,1-2H3,(H,24,25)/t13-,18+/m0/s1. The van der Waals surface area contributed by atoms with Crippen molar-refractivity contribution in [3.63, 3.8) is 0 Å². The van der Waals surface area contributed by atoms with Gasteiger partial charge in [-0.05, 0) is 93.8 Å². The average Bonchev–Trinajstić information content (AvgIpc) is 2.58. The maximum Gasteiger partial charge on any atom is 0.241 e. The van der Waals surface area contributed by atoms with E-state index in [2.05, 4.69) is 66.8 Å². The maximum absolute atomic E-state index is 12.7. The van der Waals surface area contributed by atoms with E-state index in [0.717, 1.165) is 39.5 Å². The lowest BCUT2D eigenvalue weighted by molar-refractivity contribution is -0.118. The third-order valence-electron chi connectivity index (χ3n) is 4.65. The quantitative estimate of drug-likeness (QED) is 0.624. The Morgan fingerprint density at radius 3 is 2.60 bits per heavy atom. The molecular weight excluding hydrogens is 444 g/mol. The van der Waals surface area contributed by atoms with Gasteiger partial charge in [-0.1, -0.05) is 24.3 Å². The highest BCUT2D eigenvalue weighted by Crippen LogP contribution is 2.33. The highest BCUT2D eigenvalue weighted by Gasteiger charge is 2.24. The second-order valence-electron chi connectivity index (χ2n) is 6.62. The fraction of sp³-hybridized carbons (Fsp3) is 0.350. The summed E-state index contributed by atoms with van der Waals surface area (Å²) < 4.78 is 1.76. The van der Waals surface area contributed by atoms with Crippen LogP contribution >= 0.6 is 31.9 Å². The highest BCUT2D eigenvalue weighted by molar-refractivity contribution is 9.11. The van der Waals surface area contributed by atoms with Gasteiger partial charge in [0.15, 0.2) is 0 Å². The van der Waals surface area contributed by atoms with Crippen molar-refractivity contribution in [1.82, 2.24) is 5.32 Å². The molecule has 0 radical (unpaired) electrons. The molecule has 3 nitrogen and oxygen atoms in total. The fourth-order valence-electron chi connectivity index (χ4n) is 3.36. The molecule has 25 heavy (non-hydrogen) atoms. The van der Waals surface area contributed by atoms with Crippen molar-refractivity contribution in [2.45, 2.75) is 45.2 Å². The summed E-state index contributed by atoms with van der Waals surface area (Å²) in [5, 5.41) is 6.53. The number of carbonyl (C=O) groups is 1. The van der Waals surface area contributed by atoms with E-state index in [-0.39, 0.29) is 18.0 Å². The Hall–Kier alpha value is -1.17. The van der Waals surface area contributed by atoms with Crippen LogP contribution in [0.25, 0.3) is 0 Å². The Kier molecular flexibility index (Phi) is 5.97. The molecule has 0 saturated carbocycles. The highest BCUT2D eigenvalue weighted by atomic mass is 79.9. The Labute approximate surface area is 165 Å². The van der Waals surface area contributed by atoms with Crippen LogP contribution in [0.15, 0.2) is 45.3 Å². The van der Waals surface area contributed by atoms with Crippen LogP contribution in [-0.4, -0.2) is 11.9 Å². The second kappa shape index (κ2) is 8.02. The summed E-state index contributed by atoms with van der Waals surface area (Å²) in [6.07, 6.45) is 3.34. The van der Waals surface area contributed by atoms with E-state index in [1.165, 1.54) is 11.1 Å². The van der Waals surface area contributed by atoms with Crippen molar-refractivity contribution < 1.29 is 4.79 Å². The molecule has 0 saturated heterocycles. The van der Waals surface area contributed by atoms with Gasteiger partial charge in [0.25, 0.3) is 0 Å². The summed E-state index contributed by atoms with van der Waals surface area (Å²) in [5.41, 5.74) is 4.61. The largest absolute Gasteiger partial charge is 0.323 e. The first kappa shape index (κ1) is 18.6. The van der Waals surface area contributed by atoms with Gasteiger partial charge in [0, 0.05) is 15.0 Å². The lowest BCUT2D eigenvalue weighted by atomic mass is 9.87. The van der Waals surface area contributed by atoms with Gasteiger partial charge in [-0.15, -0.1) is 0 Å². The Balaban J connectivity index is 1.70. The predicted octanol–water partition coefficient (Wildman–Crippen LogP) is 5.51. The van der Waals surface area contributed by atoms with E-state index >= 15 is 0 Å². The lowest BCUT2D eigenvalue weighted by Crippen LogP contribution is -2.41. The average molecular weight is 466 g/mol. The molecule has 1 amide bonds. The van der Waals surface area contributed by atoms with Gasteiger partial charge in [-0.25, -0.2) is 0 Å².